The van der Waals surface area contributed by atoms with E-state index < -0.39 is 0 Å². The molecule has 1 radical (unpaired) electrons. The lowest BCUT2D eigenvalue weighted by molar-refractivity contribution is -0.118. The van der Waals surface area contributed by atoms with E-state index in [0.717, 1.165) is 5.01 Å². The van der Waals surface area contributed by atoms with Crippen LogP contribution in [0.4, 0.5) is 0 Å². The Balaban J connectivity index is 2.98. The summed E-state index contributed by atoms with van der Waals surface area (Å²) >= 11 is 0. The molecule has 0 saturated carbocycles. The van der Waals surface area contributed by atoms with Crippen molar-refractivity contribution in [1.82, 2.24) is 5.01 Å². The highest BCUT2D eigenvalue weighted by Crippen LogP contribution is 1.73. The smallest absolute Gasteiger partial charge is 0.223 e. The molecular formula is C4H9N2O. The van der Waals surface area contributed by atoms with Gasteiger partial charge in [-0.2, -0.15) is 0 Å². The summed E-state index contributed by atoms with van der Waals surface area (Å²) in [6.07, 6.45) is 1.24. The van der Waals surface area contributed by atoms with E-state index >= 15 is 0 Å². The maximum atomic E-state index is 9.67. The molecule has 2 N–H and O–H groups in total. The Bertz CT molecular complexity index is 55.7. The lowest BCUT2D eigenvalue weighted by Gasteiger charge is -2.05. The maximum Gasteiger partial charge on any atom is 0.223 e. The predicted molar refractivity (Wildman–Crippen MR) is 26.9 cm³/mol. The first-order chi connectivity index (χ1) is 3.31. The van der Waals surface area contributed by atoms with Gasteiger partial charge in [0.2, 0.25) is 6.41 Å². The molecule has 0 aliphatic heterocycles. The lowest BCUT2D eigenvalue weighted by Crippen LogP contribution is -2.29. The summed E-state index contributed by atoms with van der Waals surface area (Å²) < 4.78 is 0. The highest BCUT2D eigenvalue weighted by Gasteiger charge is 1.85. The monoisotopic (exact) mass is 101 g/mol. The Hall–Kier alpha value is -0.570. The van der Waals surface area contributed by atoms with E-state index in [9.17, 15) is 4.79 Å². The molecule has 0 unspecified atom stereocenters. The first-order valence-corrected chi connectivity index (χ1v) is 2.07. The highest BCUT2D eigenvalue weighted by molar-refractivity contribution is 5.45. The molecule has 0 saturated heterocycles. The number of rotatable bonds is 3. The minimum Gasteiger partial charge on any atom is -0.283 e. The van der Waals surface area contributed by atoms with Gasteiger partial charge in [0.05, 0.1) is 0 Å². The highest BCUT2D eigenvalue weighted by atomic mass is 16.1. The number of hydrazine groups is 1. The van der Waals surface area contributed by atoms with E-state index in [4.69, 9.17) is 5.84 Å². The summed E-state index contributed by atoms with van der Waals surface area (Å²) in [6.45, 7) is 4.02. The topological polar surface area (TPSA) is 46.3 Å². The third-order valence-electron chi connectivity index (χ3n) is 0.552. The third kappa shape index (κ3) is 3.26. The van der Waals surface area contributed by atoms with Crippen LogP contribution in [0.3, 0.4) is 0 Å². The van der Waals surface area contributed by atoms with Crippen molar-refractivity contribution in [2.24, 2.45) is 5.84 Å². The van der Waals surface area contributed by atoms with Crippen LogP contribution in [-0.4, -0.2) is 18.0 Å². The number of nitrogens with zero attached hydrogens (tertiary/aromatic N) is 1. The minimum atomic E-state index is 0.531. The fourth-order valence-corrected chi connectivity index (χ4v) is 0.235. The van der Waals surface area contributed by atoms with Crippen molar-refractivity contribution >= 4 is 6.41 Å². The van der Waals surface area contributed by atoms with Gasteiger partial charge in [0.1, 0.15) is 0 Å². The van der Waals surface area contributed by atoms with Crippen LogP contribution in [0.2, 0.25) is 0 Å². The predicted octanol–water partition coefficient (Wildman–Crippen LogP) is -0.457. The van der Waals surface area contributed by atoms with Crippen LogP contribution in [0.5, 0.6) is 0 Å². The summed E-state index contributed by atoms with van der Waals surface area (Å²) in [6, 6.07) is 0. The van der Waals surface area contributed by atoms with Gasteiger partial charge in [-0.3, -0.25) is 9.80 Å². The summed E-state index contributed by atoms with van der Waals surface area (Å²) in [5.74, 6) is 5.01. The molecule has 0 bridgehead atoms. The van der Waals surface area contributed by atoms with Crippen molar-refractivity contribution in [3.63, 3.8) is 0 Å². The third-order valence-corrected chi connectivity index (χ3v) is 0.552. The maximum absolute atomic E-state index is 9.67. The number of amides is 1. The molecule has 0 atom stereocenters. The zero-order valence-electron chi connectivity index (χ0n) is 4.13. The first kappa shape index (κ1) is 6.43. The fourth-order valence-electron chi connectivity index (χ4n) is 0.235. The van der Waals surface area contributed by atoms with E-state index in [1.54, 1.807) is 0 Å². The van der Waals surface area contributed by atoms with Gasteiger partial charge in [0.15, 0.2) is 0 Å². The molecule has 0 aromatic heterocycles. The first-order valence-electron chi connectivity index (χ1n) is 2.07. The van der Waals surface area contributed by atoms with E-state index in [2.05, 4.69) is 6.92 Å². The molecule has 0 aromatic rings. The molecule has 0 heterocycles. The van der Waals surface area contributed by atoms with Crippen molar-refractivity contribution in [3.8, 4) is 0 Å². The second kappa shape index (κ2) is 3.61. The molecule has 3 nitrogen and oxygen atoms in total. The normalized spacial score (nSPS) is 8.29. The number of carbonyl (C=O) groups excluding carboxylic acids is 1. The molecule has 1 amide bonds. The van der Waals surface area contributed by atoms with E-state index in [1.165, 1.54) is 0 Å². The SMILES string of the molecule is [CH2]CCN(N)C=O. The summed E-state index contributed by atoms with van der Waals surface area (Å²) in [5, 5.41) is 1.06. The van der Waals surface area contributed by atoms with Gasteiger partial charge in [-0.1, -0.05) is 6.92 Å². The van der Waals surface area contributed by atoms with Gasteiger partial charge in [-0.25, -0.2) is 5.84 Å². The zero-order chi connectivity index (χ0) is 5.70. The van der Waals surface area contributed by atoms with Gasteiger partial charge < -0.3 is 0 Å². The molecular weight excluding hydrogens is 92.1 g/mol. The number of nitrogens with two attached hydrogens (primary N) is 1. The Morgan fingerprint density at radius 1 is 1.86 bits per heavy atom. The van der Waals surface area contributed by atoms with Gasteiger partial charge in [-0.05, 0) is 6.42 Å². The van der Waals surface area contributed by atoms with Crippen LogP contribution in [0, 0.1) is 6.92 Å². The van der Waals surface area contributed by atoms with Crippen molar-refractivity contribution in [2.75, 3.05) is 6.54 Å². The van der Waals surface area contributed by atoms with Gasteiger partial charge in [0, 0.05) is 6.54 Å². The van der Waals surface area contributed by atoms with Crippen LogP contribution in [0.1, 0.15) is 6.42 Å². The fraction of sp³-hybridized carbons (Fsp3) is 0.500. The molecule has 0 aliphatic carbocycles. The second-order valence-corrected chi connectivity index (χ2v) is 1.20. The van der Waals surface area contributed by atoms with Gasteiger partial charge in [-0.15, -0.1) is 0 Å². The Kier molecular flexibility index (Phi) is 3.32. The standard InChI is InChI=1S/C4H9N2O/c1-2-3-6(5)4-7/h4H,1-3,5H2. The molecule has 7 heavy (non-hydrogen) atoms. The zero-order valence-corrected chi connectivity index (χ0v) is 4.13. The van der Waals surface area contributed by atoms with Crippen LogP contribution in [-0.2, 0) is 4.79 Å². The molecule has 0 aromatic carbocycles. The number of carbonyl (C=O) groups is 1. The van der Waals surface area contributed by atoms with Crippen molar-refractivity contribution in [3.05, 3.63) is 6.92 Å². The van der Waals surface area contributed by atoms with Gasteiger partial charge >= 0.3 is 0 Å². The molecule has 0 fully saturated rings. The molecule has 0 rings (SSSR count). The van der Waals surface area contributed by atoms with E-state index in [0.29, 0.717) is 19.4 Å². The second-order valence-electron chi connectivity index (χ2n) is 1.20. The van der Waals surface area contributed by atoms with Crippen molar-refractivity contribution in [1.29, 1.82) is 0 Å². The van der Waals surface area contributed by atoms with Crippen LogP contribution in [0.25, 0.3) is 0 Å². The number of hydrogen-bond donors (Lipinski definition) is 1. The van der Waals surface area contributed by atoms with Crippen molar-refractivity contribution in [2.45, 2.75) is 6.42 Å². The lowest BCUT2D eigenvalue weighted by atomic mass is 10.5. The Morgan fingerprint density at radius 2 is 2.43 bits per heavy atom. The number of hydrogen-bond acceptors (Lipinski definition) is 2. The average molecular weight is 101 g/mol. The average Bonchev–Trinajstić information content (AvgIpc) is 1.68. The summed E-state index contributed by atoms with van der Waals surface area (Å²) in [7, 11) is 0. The Labute approximate surface area is 43.1 Å². The van der Waals surface area contributed by atoms with E-state index in [-0.39, 0.29) is 0 Å². The quantitative estimate of drug-likeness (QED) is 0.226. The van der Waals surface area contributed by atoms with Crippen molar-refractivity contribution < 1.29 is 4.79 Å². The molecule has 3 heteroatoms. The largest absolute Gasteiger partial charge is 0.283 e. The van der Waals surface area contributed by atoms with Crippen LogP contribution in [0.15, 0.2) is 0 Å². The summed E-state index contributed by atoms with van der Waals surface area (Å²) in [4.78, 5) is 9.67. The summed E-state index contributed by atoms with van der Waals surface area (Å²) in [5.41, 5.74) is 0. The molecule has 0 spiro atoms. The van der Waals surface area contributed by atoms with Crippen LogP contribution < -0.4 is 5.84 Å². The molecule has 0 aliphatic rings. The van der Waals surface area contributed by atoms with Gasteiger partial charge in [0.25, 0.3) is 0 Å². The molecule has 41 valence electrons. The van der Waals surface area contributed by atoms with Crippen LogP contribution >= 0.6 is 0 Å². The van der Waals surface area contributed by atoms with E-state index in [1.807, 2.05) is 0 Å². The minimum absolute atomic E-state index is 0.531. The Morgan fingerprint density at radius 3 is 2.57 bits per heavy atom.